The molecule has 0 saturated heterocycles. The van der Waals surface area contributed by atoms with Crippen LogP contribution in [-0.2, 0) is 19.6 Å². The van der Waals surface area contributed by atoms with Gasteiger partial charge in [0.2, 0.25) is 10.0 Å². The number of sulfonamides is 1. The Kier molecular flexibility index (Phi) is 4.70. The van der Waals surface area contributed by atoms with Gasteiger partial charge in [-0.05, 0) is 26.2 Å². The first kappa shape index (κ1) is 14.2. The summed E-state index contributed by atoms with van der Waals surface area (Å²) in [5, 5.41) is 0. The maximum absolute atomic E-state index is 11.4. The van der Waals surface area contributed by atoms with E-state index in [1.54, 1.807) is 6.92 Å². The molecule has 0 aromatic rings. The van der Waals surface area contributed by atoms with Crippen molar-refractivity contribution >= 4 is 16.0 Å². The predicted molar refractivity (Wildman–Crippen MR) is 64.9 cm³/mol. The summed E-state index contributed by atoms with van der Waals surface area (Å²) < 4.78 is 30.2. The van der Waals surface area contributed by atoms with Crippen molar-refractivity contribution in [2.75, 3.05) is 6.26 Å². The number of nitrogens with one attached hydrogen (secondary N) is 1. The van der Waals surface area contributed by atoms with Gasteiger partial charge in [0, 0.05) is 5.57 Å². The molecule has 1 aliphatic rings. The largest absolute Gasteiger partial charge is 0.457 e. The number of rotatable bonds is 4. The van der Waals surface area contributed by atoms with Gasteiger partial charge in [-0.15, -0.1) is 0 Å². The second-order valence-electron chi connectivity index (χ2n) is 4.51. The Morgan fingerprint density at radius 3 is 2.47 bits per heavy atom. The minimum absolute atomic E-state index is 0.318. The Labute approximate surface area is 102 Å². The highest BCUT2D eigenvalue weighted by atomic mass is 32.2. The molecule has 1 rings (SSSR count). The summed E-state index contributed by atoms with van der Waals surface area (Å²) in [6.07, 6.45) is 3.99. The molecule has 2 unspecified atom stereocenters. The first-order valence-electron chi connectivity index (χ1n) is 5.63. The monoisotopic (exact) mass is 261 g/mol. The van der Waals surface area contributed by atoms with Crippen molar-refractivity contribution < 1.29 is 17.9 Å². The molecule has 0 bridgehead atoms. The van der Waals surface area contributed by atoms with Gasteiger partial charge in [0.1, 0.15) is 6.10 Å². The Morgan fingerprint density at radius 2 is 1.94 bits per heavy atom. The lowest BCUT2D eigenvalue weighted by Crippen LogP contribution is -2.46. The molecule has 0 radical (unpaired) electrons. The van der Waals surface area contributed by atoms with E-state index in [1.165, 1.54) is 0 Å². The van der Waals surface area contributed by atoms with Crippen LogP contribution in [0.3, 0.4) is 0 Å². The van der Waals surface area contributed by atoms with Gasteiger partial charge in [0.25, 0.3) is 0 Å². The molecule has 1 N–H and O–H groups in total. The molecule has 17 heavy (non-hydrogen) atoms. The van der Waals surface area contributed by atoms with Gasteiger partial charge < -0.3 is 4.74 Å². The van der Waals surface area contributed by atoms with Gasteiger partial charge in [-0.25, -0.2) is 17.9 Å². The number of carbonyl (C=O) groups is 1. The fourth-order valence-corrected chi connectivity index (χ4v) is 2.71. The van der Waals surface area contributed by atoms with Crippen LogP contribution < -0.4 is 4.72 Å². The zero-order valence-corrected chi connectivity index (χ0v) is 11.0. The van der Waals surface area contributed by atoms with Crippen molar-refractivity contribution in [3.8, 4) is 0 Å². The summed E-state index contributed by atoms with van der Waals surface area (Å²) in [6, 6.07) is -0.318. The maximum Gasteiger partial charge on any atom is 0.333 e. The fraction of sp³-hybridized carbons (Fsp3) is 0.727. The summed E-state index contributed by atoms with van der Waals surface area (Å²) in [6.45, 7) is 5.08. The first-order valence-corrected chi connectivity index (χ1v) is 7.52. The van der Waals surface area contributed by atoms with E-state index in [4.69, 9.17) is 4.74 Å². The smallest absolute Gasteiger partial charge is 0.333 e. The molecule has 1 saturated carbocycles. The highest BCUT2D eigenvalue weighted by Crippen LogP contribution is 2.22. The Balaban J connectivity index is 2.66. The Bertz CT molecular complexity index is 402. The number of hydrogen-bond acceptors (Lipinski definition) is 4. The van der Waals surface area contributed by atoms with Crippen molar-refractivity contribution in [3.05, 3.63) is 12.2 Å². The zero-order valence-electron chi connectivity index (χ0n) is 10.2. The molecule has 6 heteroatoms. The van der Waals surface area contributed by atoms with Crippen LogP contribution in [-0.4, -0.2) is 32.8 Å². The van der Waals surface area contributed by atoms with E-state index in [0.717, 1.165) is 19.1 Å². The lowest BCUT2D eigenvalue weighted by atomic mass is 9.93. The number of hydrogen-bond donors (Lipinski definition) is 1. The number of ether oxygens (including phenoxy) is 1. The molecule has 1 aliphatic carbocycles. The molecule has 0 aliphatic heterocycles. The van der Waals surface area contributed by atoms with Crippen molar-refractivity contribution in [2.24, 2.45) is 0 Å². The van der Waals surface area contributed by atoms with Crippen molar-refractivity contribution in [2.45, 2.75) is 44.8 Å². The number of carbonyl (C=O) groups excluding carboxylic acids is 1. The van der Waals surface area contributed by atoms with Gasteiger partial charge in [0.05, 0.1) is 12.3 Å². The normalized spacial score (nSPS) is 25.3. The van der Waals surface area contributed by atoms with Crippen molar-refractivity contribution in [3.63, 3.8) is 0 Å². The summed E-state index contributed by atoms with van der Waals surface area (Å²) in [4.78, 5) is 11.4. The molecule has 2 atom stereocenters. The average Bonchev–Trinajstić information content (AvgIpc) is 2.18. The predicted octanol–water partition coefficient (Wildman–Crippen LogP) is 0.966. The third kappa shape index (κ3) is 4.87. The van der Waals surface area contributed by atoms with Crippen molar-refractivity contribution in [1.29, 1.82) is 0 Å². The molecule has 0 heterocycles. The average molecular weight is 261 g/mol. The van der Waals surface area contributed by atoms with Gasteiger partial charge in [-0.3, -0.25) is 0 Å². The molecule has 0 amide bonds. The minimum Gasteiger partial charge on any atom is -0.457 e. The molecular weight excluding hydrogens is 242 g/mol. The minimum atomic E-state index is -3.28. The standard InChI is InChI=1S/C11H19NO4S/c1-8(2)11(13)16-10-7-5-4-6-9(10)12-17(3,14)15/h9-10,12H,1,4-7H2,2-3H3. The van der Waals surface area contributed by atoms with E-state index in [-0.39, 0.29) is 12.1 Å². The molecule has 0 aromatic heterocycles. The zero-order chi connectivity index (χ0) is 13.1. The number of esters is 1. The van der Waals surface area contributed by atoms with E-state index in [2.05, 4.69) is 11.3 Å². The third-order valence-corrected chi connectivity index (χ3v) is 3.41. The highest BCUT2D eigenvalue weighted by Gasteiger charge is 2.30. The maximum atomic E-state index is 11.4. The van der Waals surface area contributed by atoms with Gasteiger partial charge in [0.15, 0.2) is 0 Å². The third-order valence-electron chi connectivity index (χ3n) is 2.67. The highest BCUT2D eigenvalue weighted by molar-refractivity contribution is 7.88. The molecule has 5 nitrogen and oxygen atoms in total. The lowest BCUT2D eigenvalue weighted by Gasteiger charge is -2.31. The van der Waals surface area contributed by atoms with E-state index >= 15 is 0 Å². The van der Waals surface area contributed by atoms with Crippen molar-refractivity contribution in [1.82, 2.24) is 4.72 Å². The Morgan fingerprint density at radius 1 is 1.35 bits per heavy atom. The summed E-state index contributed by atoms with van der Waals surface area (Å²) in [5.41, 5.74) is 0.327. The summed E-state index contributed by atoms with van der Waals surface area (Å²) in [7, 11) is -3.28. The van der Waals surface area contributed by atoms with Crippen LogP contribution in [0.15, 0.2) is 12.2 Å². The van der Waals surface area contributed by atoms with E-state index in [9.17, 15) is 13.2 Å². The van der Waals surface area contributed by atoms with Gasteiger partial charge in [-0.1, -0.05) is 13.0 Å². The van der Waals surface area contributed by atoms with Crippen LogP contribution in [0.2, 0.25) is 0 Å². The second-order valence-corrected chi connectivity index (χ2v) is 6.29. The van der Waals surface area contributed by atoms with Crippen LogP contribution >= 0.6 is 0 Å². The molecular formula is C11H19NO4S. The summed E-state index contributed by atoms with van der Waals surface area (Å²) in [5.74, 6) is -0.461. The van der Waals surface area contributed by atoms with Crippen LogP contribution in [0.5, 0.6) is 0 Å². The SMILES string of the molecule is C=C(C)C(=O)OC1CCCCC1NS(C)(=O)=O. The van der Waals surface area contributed by atoms with Crippen LogP contribution in [0, 0.1) is 0 Å². The van der Waals surface area contributed by atoms with E-state index < -0.39 is 16.0 Å². The second kappa shape index (κ2) is 5.64. The van der Waals surface area contributed by atoms with Crippen LogP contribution in [0.1, 0.15) is 32.6 Å². The van der Waals surface area contributed by atoms with Gasteiger partial charge in [-0.2, -0.15) is 0 Å². The van der Waals surface area contributed by atoms with E-state index in [1.807, 2.05) is 0 Å². The lowest BCUT2D eigenvalue weighted by molar-refractivity contribution is -0.146. The molecule has 98 valence electrons. The van der Waals surface area contributed by atoms with Gasteiger partial charge >= 0.3 is 5.97 Å². The quantitative estimate of drug-likeness (QED) is 0.604. The van der Waals surface area contributed by atoms with Crippen LogP contribution in [0.25, 0.3) is 0 Å². The first-order chi connectivity index (χ1) is 7.79. The van der Waals surface area contributed by atoms with Crippen LogP contribution in [0.4, 0.5) is 0 Å². The topological polar surface area (TPSA) is 72.5 Å². The fourth-order valence-electron chi connectivity index (χ4n) is 1.89. The molecule has 0 aromatic carbocycles. The molecule has 1 fully saturated rings. The molecule has 0 spiro atoms. The Hall–Kier alpha value is -0.880. The van der Waals surface area contributed by atoms with E-state index in [0.29, 0.717) is 18.4 Å². The summed E-state index contributed by atoms with van der Waals surface area (Å²) >= 11 is 0.